The molecule has 6 rings (SSSR count). The van der Waals surface area contributed by atoms with Crippen molar-refractivity contribution in [2.75, 3.05) is 12.4 Å². The Morgan fingerprint density at radius 3 is 2.27 bits per heavy atom. The van der Waals surface area contributed by atoms with Crippen molar-refractivity contribution in [3.05, 3.63) is 88.5 Å². The number of hydrogen-bond acceptors (Lipinski definition) is 13. The number of ketones is 1. The first kappa shape index (κ1) is 45.6. The van der Waals surface area contributed by atoms with Crippen LogP contribution in [-0.2, 0) is 36.9 Å². The van der Waals surface area contributed by atoms with Gasteiger partial charge in [-0.3, -0.25) is 14.4 Å². The average Bonchev–Trinajstić information content (AvgIpc) is 3.47. The Kier molecular flexibility index (Phi) is 14.0. The van der Waals surface area contributed by atoms with Crippen LogP contribution >= 0.6 is 0 Å². The number of anilines is 1. The molecule has 0 fully saturated rings. The second-order valence-corrected chi connectivity index (χ2v) is 15.9. The van der Waals surface area contributed by atoms with Crippen LogP contribution in [0.15, 0.2) is 60.4 Å². The molecule has 15 heteroatoms. The summed E-state index contributed by atoms with van der Waals surface area (Å²) in [4.78, 5) is 40.5. The highest BCUT2D eigenvalue weighted by molar-refractivity contribution is 6.22. The van der Waals surface area contributed by atoms with E-state index < -0.39 is 94.6 Å². The summed E-state index contributed by atoms with van der Waals surface area (Å²) in [6.45, 7) is 12.1. The van der Waals surface area contributed by atoms with Crippen LogP contribution in [0.1, 0.15) is 75.5 Å². The highest BCUT2D eigenvalue weighted by atomic mass is 19.1. The number of Topliss-reactive ketones (excluding diaryl/α,β-unsaturated/α-hetero) is 1. The lowest BCUT2D eigenvalue weighted by atomic mass is 9.78. The molecule has 3 heterocycles. The van der Waals surface area contributed by atoms with Crippen molar-refractivity contribution in [3.63, 3.8) is 0 Å². The largest absolute Gasteiger partial charge is 0.507 e. The molecule has 0 spiro atoms. The van der Waals surface area contributed by atoms with E-state index >= 15 is 0 Å². The van der Waals surface area contributed by atoms with E-state index in [1.807, 2.05) is 0 Å². The normalized spacial score (nSPS) is 29.6. The number of phenols is 3. The number of esters is 1. The SMILES string of the molecule is CO[C@H]1/C=C/O[C@@]2(C)Oc3c(C)c(O)c4c(O)c(c(CNCc5ccccc5F)c(O)c4c3C2=O)NC(=O)/C(C)=C\C=C\[C@H](C)[C@H](O)[C@@H](C)[C@@H](O)[C@@H](C)[C@H](OC(C)=O)[C@@H]1C. The lowest BCUT2D eigenvalue weighted by Gasteiger charge is -2.38. The Labute approximate surface area is 348 Å². The van der Waals surface area contributed by atoms with Crippen molar-refractivity contribution in [1.82, 2.24) is 5.32 Å². The van der Waals surface area contributed by atoms with E-state index in [1.54, 1.807) is 52.0 Å². The predicted octanol–water partition coefficient (Wildman–Crippen LogP) is 6.18. The van der Waals surface area contributed by atoms with Gasteiger partial charge < -0.3 is 55.1 Å². The van der Waals surface area contributed by atoms with E-state index in [9.17, 15) is 44.3 Å². The van der Waals surface area contributed by atoms with Gasteiger partial charge in [0.1, 0.15) is 29.2 Å². The smallest absolute Gasteiger partial charge is 0.312 e. The first-order valence-electron chi connectivity index (χ1n) is 19.8. The van der Waals surface area contributed by atoms with E-state index in [0.717, 1.165) is 0 Å². The minimum absolute atomic E-state index is 0.0250. The highest BCUT2D eigenvalue weighted by Gasteiger charge is 2.50. The molecule has 0 saturated heterocycles. The standard InChI is InChI=1S/C45H55FN2O12/c1-21-13-12-14-22(2)44(56)48-35-29(20-47-19-28-15-10-11-16-30(28)46)39(53)32-33(40(35)54)38(52)26(6)42-34(32)43(55)45(8,60-42)58-18-17-31(57-9)23(3)41(59-27(7)49)25(5)37(51)24(4)36(21)50/h10-18,21,23-25,31,36-37,41,47,50-54H,19-20H2,1-9H3,(H,48,56)/b13-12+,18-17+,22-14-/t21-,23+,24+,25+,31-,36-,37+,41+,45-/m0/s1. The number of aliphatic hydroxyl groups is 2. The van der Waals surface area contributed by atoms with E-state index in [1.165, 1.54) is 65.4 Å². The summed E-state index contributed by atoms with van der Waals surface area (Å²) in [6, 6.07) is 6.04. The number of allylic oxidation sites excluding steroid dienone is 2. The Hall–Kier alpha value is -5.48. The minimum Gasteiger partial charge on any atom is -0.507 e. The molecule has 1 amide bonds. The monoisotopic (exact) mass is 834 g/mol. The van der Waals surface area contributed by atoms with Gasteiger partial charge in [0.25, 0.3) is 11.7 Å². The van der Waals surface area contributed by atoms with Gasteiger partial charge in [0.05, 0.1) is 41.2 Å². The number of nitrogens with one attached hydrogen (secondary N) is 2. The maximum Gasteiger partial charge on any atom is 0.312 e. The third-order valence-corrected chi connectivity index (χ3v) is 11.7. The molecule has 3 aliphatic heterocycles. The Bertz CT molecular complexity index is 2240. The molecule has 9 atom stereocenters. The molecule has 0 radical (unpaired) electrons. The van der Waals surface area contributed by atoms with Crippen molar-refractivity contribution >= 4 is 34.1 Å². The summed E-state index contributed by atoms with van der Waals surface area (Å²) >= 11 is 0. The molecule has 3 aromatic carbocycles. The number of carbonyl (C=O) groups excluding carboxylic acids is 3. The van der Waals surface area contributed by atoms with E-state index in [-0.39, 0.29) is 57.6 Å². The molecule has 5 bridgehead atoms. The number of aromatic hydroxyl groups is 3. The summed E-state index contributed by atoms with van der Waals surface area (Å²) in [5.41, 5.74) is -0.129. The molecule has 0 aromatic heterocycles. The second-order valence-electron chi connectivity index (χ2n) is 15.9. The number of hydrogen-bond donors (Lipinski definition) is 7. The van der Waals surface area contributed by atoms with Crippen LogP contribution in [0.2, 0.25) is 0 Å². The number of carbonyl (C=O) groups is 3. The number of amides is 1. The first-order valence-corrected chi connectivity index (χ1v) is 19.8. The van der Waals surface area contributed by atoms with E-state index in [0.29, 0.717) is 5.56 Å². The zero-order chi connectivity index (χ0) is 44.4. The third-order valence-electron chi connectivity index (χ3n) is 11.7. The van der Waals surface area contributed by atoms with Gasteiger partial charge in [0.2, 0.25) is 0 Å². The van der Waals surface area contributed by atoms with Crippen molar-refractivity contribution in [2.45, 2.75) is 98.7 Å². The fourth-order valence-corrected chi connectivity index (χ4v) is 7.92. The van der Waals surface area contributed by atoms with Gasteiger partial charge in [-0.25, -0.2) is 4.39 Å². The van der Waals surface area contributed by atoms with Crippen LogP contribution in [-0.4, -0.2) is 80.5 Å². The van der Waals surface area contributed by atoms with Gasteiger partial charge in [-0.2, -0.15) is 0 Å². The summed E-state index contributed by atoms with van der Waals surface area (Å²) in [6.07, 6.45) is 3.37. The number of benzene rings is 3. The maximum absolute atomic E-state index is 14.6. The molecule has 0 aliphatic carbocycles. The molecule has 7 N–H and O–H groups in total. The molecule has 0 unspecified atom stereocenters. The molecule has 324 valence electrons. The number of aliphatic hydroxyl groups excluding tert-OH is 2. The fraction of sp³-hybridized carbons (Fsp3) is 0.444. The molecular formula is C45H55FN2O12. The Morgan fingerprint density at radius 2 is 1.62 bits per heavy atom. The summed E-state index contributed by atoms with van der Waals surface area (Å²) in [5.74, 6) is -9.14. The van der Waals surface area contributed by atoms with Gasteiger partial charge in [-0.1, -0.05) is 64.1 Å². The van der Waals surface area contributed by atoms with Crippen LogP contribution in [0, 0.1) is 36.4 Å². The number of rotatable bonds is 6. The first-order chi connectivity index (χ1) is 28.2. The average molecular weight is 835 g/mol. The lowest BCUT2D eigenvalue weighted by molar-refractivity contribution is -0.160. The van der Waals surface area contributed by atoms with E-state index in [4.69, 9.17) is 18.9 Å². The molecule has 3 aliphatic rings. The number of ether oxygens (including phenoxy) is 4. The molecule has 14 nitrogen and oxygen atoms in total. The zero-order valence-electron chi connectivity index (χ0n) is 35.2. The van der Waals surface area contributed by atoms with Crippen LogP contribution in [0.25, 0.3) is 10.8 Å². The van der Waals surface area contributed by atoms with E-state index in [2.05, 4.69) is 10.6 Å². The Balaban J connectivity index is 1.69. The van der Waals surface area contributed by atoms with Gasteiger partial charge in [0, 0.05) is 85.4 Å². The molecule has 60 heavy (non-hydrogen) atoms. The quantitative estimate of drug-likeness (QED) is 0.0841. The van der Waals surface area contributed by atoms with Gasteiger partial charge in [-0.05, 0) is 26.0 Å². The zero-order valence-corrected chi connectivity index (χ0v) is 35.2. The van der Waals surface area contributed by atoms with Crippen molar-refractivity contribution in [3.8, 4) is 23.0 Å². The van der Waals surface area contributed by atoms with Gasteiger partial charge in [0.15, 0.2) is 5.75 Å². The van der Waals surface area contributed by atoms with Gasteiger partial charge >= 0.3 is 11.8 Å². The number of fused-ring (bicyclic) bond motifs is 14. The molecule has 0 saturated carbocycles. The fourth-order valence-electron chi connectivity index (χ4n) is 7.92. The third kappa shape index (κ3) is 8.85. The highest BCUT2D eigenvalue weighted by Crippen LogP contribution is 2.55. The number of methoxy groups -OCH3 is 1. The summed E-state index contributed by atoms with van der Waals surface area (Å²) in [7, 11) is 1.42. The number of phenolic OH excluding ortho intramolecular Hbond substituents is 3. The second kappa shape index (κ2) is 18.4. The van der Waals surface area contributed by atoms with Crippen LogP contribution in [0.5, 0.6) is 23.0 Å². The van der Waals surface area contributed by atoms with Crippen molar-refractivity contribution in [1.29, 1.82) is 0 Å². The van der Waals surface area contributed by atoms with Gasteiger partial charge in [-0.15, -0.1) is 0 Å². The van der Waals surface area contributed by atoms with Crippen LogP contribution in [0.4, 0.5) is 10.1 Å². The summed E-state index contributed by atoms with van der Waals surface area (Å²) in [5, 5.41) is 63.4. The molecular weight excluding hydrogens is 779 g/mol. The molecule has 3 aromatic rings. The van der Waals surface area contributed by atoms with Crippen molar-refractivity contribution in [2.24, 2.45) is 23.7 Å². The predicted molar refractivity (Wildman–Crippen MR) is 221 cm³/mol. The number of halogens is 1. The van der Waals surface area contributed by atoms with Crippen LogP contribution in [0.3, 0.4) is 0 Å². The minimum atomic E-state index is -2.08. The Morgan fingerprint density at radius 1 is 0.933 bits per heavy atom. The summed E-state index contributed by atoms with van der Waals surface area (Å²) < 4.78 is 38.1. The van der Waals surface area contributed by atoms with Crippen molar-refractivity contribution < 1.29 is 63.3 Å². The van der Waals surface area contributed by atoms with Crippen LogP contribution < -0.4 is 15.4 Å². The maximum atomic E-state index is 14.6. The topological polar surface area (TPSA) is 213 Å². The lowest BCUT2D eigenvalue weighted by Crippen LogP contribution is -2.46.